The summed E-state index contributed by atoms with van der Waals surface area (Å²) in [7, 11) is 1.62. The maximum atomic E-state index is 13.8. The first kappa shape index (κ1) is 20.4. The fourth-order valence-corrected chi connectivity index (χ4v) is 4.30. The normalized spacial score (nSPS) is 15.1. The number of halogens is 1. The highest BCUT2D eigenvalue weighted by Crippen LogP contribution is 2.29. The summed E-state index contributed by atoms with van der Waals surface area (Å²) in [5.41, 5.74) is 1.62. The van der Waals surface area contributed by atoms with Crippen LogP contribution in [0.2, 0.25) is 0 Å². The van der Waals surface area contributed by atoms with Gasteiger partial charge in [0.05, 0.1) is 7.11 Å². The Bertz CT molecular complexity index is 1000. The van der Waals surface area contributed by atoms with E-state index in [1.807, 2.05) is 36.4 Å². The summed E-state index contributed by atoms with van der Waals surface area (Å²) >= 11 is 1.35. The summed E-state index contributed by atoms with van der Waals surface area (Å²) in [5, 5.41) is 12.4. The van der Waals surface area contributed by atoms with Gasteiger partial charge in [-0.05, 0) is 56.3 Å². The van der Waals surface area contributed by atoms with Crippen molar-refractivity contribution in [1.82, 2.24) is 15.1 Å². The van der Waals surface area contributed by atoms with Gasteiger partial charge in [0.25, 0.3) is 0 Å². The summed E-state index contributed by atoms with van der Waals surface area (Å²) in [4.78, 5) is 14.8. The van der Waals surface area contributed by atoms with E-state index in [2.05, 4.69) is 20.4 Å². The van der Waals surface area contributed by atoms with Gasteiger partial charge in [-0.15, -0.1) is 10.2 Å². The van der Waals surface area contributed by atoms with Gasteiger partial charge in [-0.2, -0.15) is 0 Å². The van der Waals surface area contributed by atoms with E-state index < -0.39 is 0 Å². The lowest BCUT2D eigenvalue weighted by Crippen LogP contribution is -2.37. The van der Waals surface area contributed by atoms with Gasteiger partial charge in [0, 0.05) is 23.6 Å². The summed E-state index contributed by atoms with van der Waals surface area (Å²) in [5.74, 6) is 0.493. The molecule has 30 heavy (non-hydrogen) atoms. The minimum atomic E-state index is -0.179. The molecule has 1 N–H and O–H groups in total. The number of nitrogens with one attached hydrogen (secondary N) is 1. The molecule has 3 aromatic rings. The van der Waals surface area contributed by atoms with Gasteiger partial charge < -0.3 is 10.1 Å². The molecule has 0 radical (unpaired) electrons. The Morgan fingerprint density at radius 3 is 2.60 bits per heavy atom. The third-order valence-electron chi connectivity index (χ3n) is 5.30. The number of methoxy groups -OCH3 is 1. The van der Waals surface area contributed by atoms with E-state index in [4.69, 9.17) is 4.74 Å². The van der Waals surface area contributed by atoms with Crippen molar-refractivity contribution in [2.45, 2.75) is 19.4 Å². The first-order valence-electron chi connectivity index (χ1n) is 9.87. The van der Waals surface area contributed by atoms with Crippen LogP contribution in [0.25, 0.3) is 10.6 Å². The number of piperidine rings is 1. The molecule has 1 aromatic heterocycles. The number of rotatable bonds is 6. The molecule has 156 valence electrons. The van der Waals surface area contributed by atoms with Crippen molar-refractivity contribution in [1.29, 1.82) is 0 Å². The lowest BCUT2D eigenvalue weighted by atomic mass is 9.95. The summed E-state index contributed by atoms with van der Waals surface area (Å²) in [6.07, 6.45) is 1.48. The van der Waals surface area contributed by atoms with Crippen LogP contribution in [0.5, 0.6) is 5.75 Å². The van der Waals surface area contributed by atoms with Gasteiger partial charge in [0.15, 0.2) is 0 Å². The number of hydrogen-bond acceptors (Lipinski definition) is 6. The van der Waals surface area contributed by atoms with Crippen LogP contribution in [0.1, 0.15) is 18.4 Å². The number of anilines is 1. The second-order valence-corrected chi connectivity index (χ2v) is 8.25. The van der Waals surface area contributed by atoms with Gasteiger partial charge >= 0.3 is 0 Å². The van der Waals surface area contributed by atoms with Gasteiger partial charge in [-0.1, -0.05) is 29.5 Å². The molecule has 0 aliphatic carbocycles. The first-order chi connectivity index (χ1) is 14.6. The van der Waals surface area contributed by atoms with Crippen molar-refractivity contribution in [2.24, 2.45) is 5.92 Å². The van der Waals surface area contributed by atoms with E-state index in [1.165, 1.54) is 17.4 Å². The van der Waals surface area contributed by atoms with E-state index in [-0.39, 0.29) is 17.6 Å². The molecule has 8 heteroatoms. The minimum absolute atomic E-state index is 0.0297. The van der Waals surface area contributed by atoms with Crippen LogP contribution in [0.4, 0.5) is 9.52 Å². The molecule has 1 aliphatic heterocycles. The van der Waals surface area contributed by atoms with Gasteiger partial charge in [-0.25, -0.2) is 4.39 Å². The third kappa shape index (κ3) is 4.83. The van der Waals surface area contributed by atoms with Crippen LogP contribution in [-0.4, -0.2) is 41.2 Å². The number of amides is 1. The maximum Gasteiger partial charge on any atom is 0.229 e. The monoisotopic (exact) mass is 426 g/mol. The molecular formula is C22H23FN4O2S. The van der Waals surface area contributed by atoms with Crippen LogP contribution >= 0.6 is 11.3 Å². The van der Waals surface area contributed by atoms with Crippen LogP contribution in [-0.2, 0) is 11.3 Å². The Kier molecular flexibility index (Phi) is 6.35. The fraction of sp³-hybridized carbons (Fsp3) is 0.318. The average Bonchev–Trinajstić information content (AvgIpc) is 3.24. The van der Waals surface area contributed by atoms with Crippen LogP contribution in [0.15, 0.2) is 48.5 Å². The Morgan fingerprint density at radius 1 is 1.17 bits per heavy atom. The van der Waals surface area contributed by atoms with Gasteiger partial charge in [-0.3, -0.25) is 9.69 Å². The minimum Gasteiger partial charge on any atom is -0.497 e. The molecule has 1 fully saturated rings. The smallest absolute Gasteiger partial charge is 0.229 e. The van der Waals surface area contributed by atoms with E-state index in [1.54, 1.807) is 13.2 Å². The summed E-state index contributed by atoms with van der Waals surface area (Å²) in [6, 6.07) is 14.4. The largest absolute Gasteiger partial charge is 0.497 e. The molecule has 0 spiro atoms. The number of likely N-dealkylation sites (tertiary alicyclic amines) is 1. The zero-order valence-electron chi connectivity index (χ0n) is 16.7. The molecule has 1 saturated heterocycles. The maximum absolute atomic E-state index is 13.8. The standard InChI is InChI=1S/C22H23FN4O2S/c1-29-18-8-6-16(7-9-18)21-25-26-22(30-21)24-20(28)15-10-12-27(13-11-15)14-17-4-2-3-5-19(17)23/h2-9,15H,10-14H2,1H3,(H,24,26,28). The Labute approximate surface area is 178 Å². The number of ether oxygens (including phenoxy) is 1. The number of aromatic nitrogens is 2. The lowest BCUT2D eigenvalue weighted by Gasteiger charge is -2.31. The molecule has 4 rings (SSSR count). The predicted molar refractivity (Wildman–Crippen MR) is 115 cm³/mol. The molecule has 2 heterocycles. The summed E-state index contributed by atoms with van der Waals surface area (Å²) < 4.78 is 19.0. The number of carbonyl (C=O) groups is 1. The van der Waals surface area contributed by atoms with Crippen LogP contribution in [0, 0.1) is 11.7 Å². The zero-order chi connectivity index (χ0) is 20.9. The van der Waals surface area contributed by atoms with Crippen molar-refractivity contribution < 1.29 is 13.9 Å². The van der Waals surface area contributed by atoms with E-state index in [0.717, 1.165) is 42.3 Å². The number of benzene rings is 2. The number of nitrogens with zero attached hydrogens (tertiary/aromatic N) is 3. The molecule has 2 aromatic carbocycles. The van der Waals surface area contributed by atoms with Crippen molar-refractivity contribution in [3.63, 3.8) is 0 Å². The molecule has 0 atom stereocenters. The molecular weight excluding hydrogens is 403 g/mol. The van der Waals surface area contributed by atoms with Gasteiger partial charge in [0.1, 0.15) is 16.6 Å². The molecule has 0 unspecified atom stereocenters. The molecule has 1 amide bonds. The van der Waals surface area contributed by atoms with Gasteiger partial charge in [0.2, 0.25) is 11.0 Å². The molecule has 0 saturated carbocycles. The van der Waals surface area contributed by atoms with E-state index >= 15 is 0 Å². The van der Waals surface area contributed by atoms with Crippen molar-refractivity contribution in [2.75, 3.05) is 25.5 Å². The fourth-order valence-electron chi connectivity index (χ4n) is 3.55. The highest BCUT2D eigenvalue weighted by molar-refractivity contribution is 7.18. The highest BCUT2D eigenvalue weighted by Gasteiger charge is 2.26. The predicted octanol–water partition coefficient (Wildman–Crippen LogP) is 4.20. The quantitative estimate of drug-likeness (QED) is 0.640. The second-order valence-electron chi connectivity index (χ2n) is 7.27. The SMILES string of the molecule is COc1ccc(-c2nnc(NC(=O)C3CCN(Cc4ccccc4F)CC3)s2)cc1. The Morgan fingerprint density at radius 2 is 1.90 bits per heavy atom. The average molecular weight is 427 g/mol. The van der Waals surface area contributed by atoms with Crippen LogP contribution < -0.4 is 10.1 Å². The Balaban J connectivity index is 1.30. The zero-order valence-corrected chi connectivity index (χ0v) is 17.5. The third-order valence-corrected chi connectivity index (χ3v) is 6.19. The topological polar surface area (TPSA) is 67.4 Å². The van der Waals surface area contributed by atoms with E-state index in [0.29, 0.717) is 17.2 Å². The van der Waals surface area contributed by atoms with E-state index in [9.17, 15) is 9.18 Å². The highest BCUT2D eigenvalue weighted by atomic mass is 32.1. The molecule has 6 nitrogen and oxygen atoms in total. The molecule has 1 aliphatic rings. The van der Waals surface area contributed by atoms with Crippen molar-refractivity contribution >= 4 is 22.4 Å². The van der Waals surface area contributed by atoms with Crippen molar-refractivity contribution in [3.8, 4) is 16.3 Å². The molecule has 0 bridgehead atoms. The lowest BCUT2D eigenvalue weighted by molar-refractivity contribution is -0.121. The number of carbonyl (C=O) groups excluding carboxylic acids is 1. The summed E-state index contributed by atoms with van der Waals surface area (Å²) in [6.45, 7) is 2.10. The first-order valence-corrected chi connectivity index (χ1v) is 10.7. The van der Waals surface area contributed by atoms with Crippen molar-refractivity contribution in [3.05, 3.63) is 59.9 Å². The number of hydrogen-bond donors (Lipinski definition) is 1. The van der Waals surface area contributed by atoms with Crippen LogP contribution in [0.3, 0.4) is 0 Å². The second kappa shape index (κ2) is 9.32. The Hall–Kier alpha value is -2.84.